The van der Waals surface area contributed by atoms with Crippen LogP contribution in [0.1, 0.15) is 19.9 Å². The molecule has 0 N–H and O–H groups in total. The van der Waals surface area contributed by atoms with Crippen molar-refractivity contribution in [3.8, 4) is 5.69 Å². The van der Waals surface area contributed by atoms with Crippen LogP contribution in [-0.4, -0.2) is 45.0 Å². The summed E-state index contributed by atoms with van der Waals surface area (Å²) >= 11 is 6.09. The number of benzene rings is 1. The summed E-state index contributed by atoms with van der Waals surface area (Å²) in [5, 5.41) is 0.427. The first-order valence-electron chi connectivity index (χ1n) is 9.04. The second-order valence-corrected chi connectivity index (χ2v) is 6.74. The van der Waals surface area contributed by atoms with Crippen LogP contribution in [0.15, 0.2) is 40.2 Å². The molecule has 1 atom stereocenters. The molecule has 0 bridgehead atoms. The van der Waals surface area contributed by atoms with Crippen molar-refractivity contribution in [2.24, 2.45) is 0 Å². The molecule has 0 radical (unpaired) electrons. The van der Waals surface area contributed by atoms with Gasteiger partial charge in [-0.2, -0.15) is 0 Å². The average molecular weight is 421 g/mol. The van der Waals surface area contributed by atoms with Gasteiger partial charge in [0.25, 0.3) is 5.56 Å². The van der Waals surface area contributed by atoms with E-state index in [0.717, 1.165) is 4.57 Å². The zero-order valence-corrected chi connectivity index (χ0v) is 17.0. The summed E-state index contributed by atoms with van der Waals surface area (Å²) in [6.45, 7) is 3.72. The molecule has 0 saturated carbocycles. The number of carbonyl (C=O) groups is 1. The van der Waals surface area contributed by atoms with Crippen molar-refractivity contribution in [2.45, 2.75) is 26.4 Å². The molecule has 0 unspecified atom stereocenters. The molecule has 0 aliphatic heterocycles. The van der Waals surface area contributed by atoms with E-state index in [1.54, 1.807) is 38.1 Å². The Bertz CT molecular complexity index is 1160. The Hall–Kier alpha value is -2.91. The summed E-state index contributed by atoms with van der Waals surface area (Å²) in [5.74, 6) is -0.504. The molecular formula is C19H21ClN4O5. The number of carbonyl (C=O) groups excluding carboxylic acids is 1. The molecule has 2 heterocycles. The lowest BCUT2D eigenvalue weighted by Crippen LogP contribution is -2.41. The van der Waals surface area contributed by atoms with Crippen molar-refractivity contribution < 1.29 is 14.3 Å². The van der Waals surface area contributed by atoms with Gasteiger partial charge in [-0.05, 0) is 32.0 Å². The van der Waals surface area contributed by atoms with Gasteiger partial charge in [0.2, 0.25) is 0 Å². The highest BCUT2D eigenvalue weighted by Crippen LogP contribution is 2.19. The number of halogens is 1. The highest BCUT2D eigenvalue weighted by Gasteiger charge is 2.24. The number of aromatic nitrogens is 4. The lowest BCUT2D eigenvalue weighted by Gasteiger charge is -2.15. The standard InChI is InChI=1S/C19H21ClN4O5/c1-4-29-18(26)12(2)23-11-21-16-15(23)17(25)22(8-9-28-3)19(27)24(16)14-7-5-6-13(20)10-14/h5-7,10-12H,4,8-9H2,1-3H3/t12-/m1/s1. The molecule has 0 aliphatic carbocycles. The Morgan fingerprint density at radius 1 is 1.31 bits per heavy atom. The number of nitrogens with zero attached hydrogens (tertiary/aromatic N) is 4. The highest BCUT2D eigenvalue weighted by atomic mass is 35.5. The van der Waals surface area contributed by atoms with Crippen LogP contribution in [-0.2, 0) is 20.8 Å². The van der Waals surface area contributed by atoms with Crippen molar-refractivity contribution in [2.75, 3.05) is 20.3 Å². The van der Waals surface area contributed by atoms with Crippen LogP contribution in [0.4, 0.5) is 0 Å². The Kier molecular flexibility index (Phi) is 6.19. The van der Waals surface area contributed by atoms with Crippen LogP contribution in [0.2, 0.25) is 5.02 Å². The van der Waals surface area contributed by atoms with Crippen LogP contribution in [0.25, 0.3) is 16.9 Å². The Morgan fingerprint density at radius 2 is 2.07 bits per heavy atom. The SMILES string of the molecule is CCOC(=O)[C@@H](C)n1cnc2c1c(=O)n(CCOC)c(=O)n2-c1cccc(Cl)c1. The number of hydrogen-bond donors (Lipinski definition) is 0. The Balaban J connectivity index is 2.34. The fraction of sp³-hybridized carbons (Fsp3) is 0.368. The first-order valence-corrected chi connectivity index (χ1v) is 9.42. The third kappa shape index (κ3) is 3.83. The summed E-state index contributed by atoms with van der Waals surface area (Å²) in [4.78, 5) is 42.7. The lowest BCUT2D eigenvalue weighted by molar-refractivity contribution is -0.146. The quantitative estimate of drug-likeness (QED) is 0.540. The van der Waals surface area contributed by atoms with Gasteiger partial charge < -0.3 is 14.0 Å². The van der Waals surface area contributed by atoms with E-state index in [0.29, 0.717) is 10.7 Å². The fourth-order valence-corrected chi connectivity index (χ4v) is 3.23. The van der Waals surface area contributed by atoms with Crippen molar-refractivity contribution >= 4 is 28.7 Å². The monoisotopic (exact) mass is 420 g/mol. The van der Waals surface area contributed by atoms with Crippen LogP contribution in [0.3, 0.4) is 0 Å². The van der Waals surface area contributed by atoms with Crippen molar-refractivity contribution in [3.63, 3.8) is 0 Å². The van der Waals surface area contributed by atoms with E-state index in [-0.39, 0.29) is 30.9 Å². The van der Waals surface area contributed by atoms with Gasteiger partial charge in [-0.1, -0.05) is 17.7 Å². The molecular weight excluding hydrogens is 400 g/mol. The Labute approximate surface area is 171 Å². The zero-order valence-electron chi connectivity index (χ0n) is 16.3. The maximum absolute atomic E-state index is 13.1. The normalized spacial score (nSPS) is 12.3. The first kappa shape index (κ1) is 20.8. The molecule has 0 amide bonds. The number of rotatable bonds is 7. The van der Waals surface area contributed by atoms with E-state index >= 15 is 0 Å². The van der Waals surface area contributed by atoms with E-state index < -0.39 is 23.3 Å². The van der Waals surface area contributed by atoms with Gasteiger partial charge in [-0.3, -0.25) is 9.36 Å². The summed E-state index contributed by atoms with van der Waals surface area (Å²) < 4.78 is 13.9. The molecule has 0 spiro atoms. The van der Waals surface area contributed by atoms with Crippen LogP contribution in [0.5, 0.6) is 0 Å². The van der Waals surface area contributed by atoms with E-state index in [1.807, 2.05) is 0 Å². The van der Waals surface area contributed by atoms with Crippen LogP contribution in [0, 0.1) is 0 Å². The second kappa shape index (κ2) is 8.62. The van der Waals surface area contributed by atoms with Crippen molar-refractivity contribution in [3.05, 3.63) is 56.5 Å². The Morgan fingerprint density at radius 3 is 2.72 bits per heavy atom. The fourth-order valence-electron chi connectivity index (χ4n) is 3.04. The number of ether oxygens (including phenoxy) is 2. The molecule has 9 nitrogen and oxygen atoms in total. The third-order valence-corrected chi connectivity index (χ3v) is 4.72. The van der Waals surface area contributed by atoms with Gasteiger partial charge >= 0.3 is 11.7 Å². The number of imidazole rings is 1. The molecule has 10 heteroatoms. The van der Waals surface area contributed by atoms with E-state index in [2.05, 4.69) is 4.98 Å². The minimum absolute atomic E-state index is 0.0453. The smallest absolute Gasteiger partial charge is 0.337 e. The minimum atomic E-state index is -0.797. The molecule has 0 aliphatic rings. The van der Waals surface area contributed by atoms with Gasteiger partial charge in [0, 0.05) is 12.1 Å². The third-order valence-electron chi connectivity index (χ3n) is 4.49. The van der Waals surface area contributed by atoms with Crippen LogP contribution >= 0.6 is 11.6 Å². The predicted molar refractivity (Wildman–Crippen MR) is 108 cm³/mol. The molecule has 29 heavy (non-hydrogen) atoms. The molecule has 1 aromatic carbocycles. The predicted octanol–water partition coefficient (Wildman–Crippen LogP) is 1.77. The number of esters is 1. The highest BCUT2D eigenvalue weighted by molar-refractivity contribution is 6.30. The van der Waals surface area contributed by atoms with Gasteiger partial charge in [0.05, 0.1) is 31.8 Å². The van der Waals surface area contributed by atoms with Gasteiger partial charge in [-0.15, -0.1) is 0 Å². The maximum Gasteiger partial charge on any atom is 0.337 e. The van der Waals surface area contributed by atoms with E-state index in [9.17, 15) is 14.4 Å². The topological polar surface area (TPSA) is 97.4 Å². The van der Waals surface area contributed by atoms with Gasteiger partial charge in [0.1, 0.15) is 6.04 Å². The molecule has 3 aromatic rings. The van der Waals surface area contributed by atoms with E-state index in [1.165, 1.54) is 22.6 Å². The molecule has 2 aromatic heterocycles. The van der Waals surface area contributed by atoms with Crippen molar-refractivity contribution in [1.82, 2.24) is 18.7 Å². The molecule has 0 saturated heterocycles. The van der Waals surface area contributed by atoms with Gasteiger partial charge in [0.15, 0.2) is 11.2 Å². The number of hydrogen-bond acceptors (Lipinski definition) is 6. The maximum atomic E-state index is 13.1. The molecule has 0 fully saturated rings. The largest absolute Gasteiger partial charge is 0.464 e. The minimum Gasteiger partial charge on any atom is -0.464 e. The summed E-state index contributed by atoms with van der Waals surface area (Å²) in [6.07, 6.45) is 1.36. The lowest BCUT2D eigenvalue weighted by atomic mass is 10.3. The van der Waals surface area contributed by atoms with Crippen molar-refractivity contribution in [1.29, 1.82) is 0 Å². The summed E-state index contributed by atoms with van der Waals surface area (Å²) in [5.41, 5.74) is -0.439. The molecule has 3 rings (SSSR count). The average Bonchev–Trinajstić information content (AvgIpc) is 3.12. The molecule has 154 valence electrons. The van der Waals surface area contributed by atoms with E-state index in [4.69, 9.17) is 21.1 Å². The number of methoxy groups -OCH3 is 1. The van der Waals surface area contributed by atoms with Crippen LogP contribution < -0.4 is 11.2 Å². The zero-order chi connectivity index (χ0) is 21.1. The second-order valence-electron chi connectivity index (χ2n) is 6.30. The summed E-state index contributed by atoms with van der Waals surface area (Å²) in [6, 6.07) is 5.86. The first-order chi connectivity index (χ1) is 13.9. The summed E-state index contributed by atoms with van der Waals surface area (Å²) in [7, 11) is 1.48. The number of fused-ring (bicyclic) bond motifs is 1. The van der Waals surface area contributed by atoms with Gasteiger partial charge in [-0.25, -0.2) is 19.1 Å².